The van der Waals surface area contributed by atoms with E-state index in [9.17, 15) is 13.2 Å². The van der Waals surface area contributed by atoms with Gasteiger partial charge in [0, 0.05) is 13.1 Å². The maximum Gasteiger partial charge on any atom is 0.259 e. The van der Waals surface area contributed by atoms with Crippen LogP contribution < -0.4 is 5.32 Å². The Balaban J connectivity index is 2.35. The summed E-state index contributed by atoms with van der Waals surface area (Å²) in [6, 6.07) is 4.14. The number of aryl methyl sites for hydroxylation is 1. The minimum atomic E-state index is -3.68. The van der Waals surface area contributed by atoms with E-state index >= 15 is 0 Å². The highest BCUT2D eigenvalue weighted by Crippen LogP contribution is 2.31. The lowest BCUT2D eigenvalue weighted by Crippen LogP contribution is -2.30. The van der Waals surface area contributed by atoms with Crippen molar-refractivity contribution in [1.29, 1.82) is 0 Å². The first-order valence-electron chi connectivity index (χ1n) is 7.87. The SMILES string of the molecule is CCN(CC)S(=O)(=O)c1ccc(Cl)c(C(=O)Nc2nc(C)c(SC)s2)c1. The molecule has 0 fully saturated rings. The number of anilines is 1. The van der Waals surface area contributed by atoms with Crippen LogP contribution >= 0.6 is 34.7 Å². The topological polar surface area (TPSA) is 79.4 Å². The molecular weight excluding hydrogens is 414 g/mol. The van der Waals surface area contributed by atoms with E-state index in [1.165, 1.54) is 33.8 Å². The molecule has 1 aromatic carbocycles. The van der Waals surface area contributed by atoms with Crippen LogP contribution in [0.3, 0.4) is 0 Å². The number of aromatic nitrogens is 1. The highest BCUT2D eigenvalue weighted by Gasteiger charge is 2.24. The van der Waals surface area contributed by atoms with Gasteiger partial charge in [-0.15, -0.1) is 11.8 Å². The fourth-order valence-corrected chi connectivity index (χ4v) is 5.64. The van der Waals surface area contributed by atoms with Gasteiger partial charge in [-0.2, -0.15) is 4.31 Å². The molecule has 1 amide bonds. The van der Waals surface area contributed by atoms with E-state index in [0.717, 1.165) is 9.90 Å². The van der Waals surface area contributed by atoms with Gasteiger partial charge in [-0.25, -0.2) is 13.4 Å². The summed E-state index contributed by atoms with van der Waals surface area (Å²) in [5, 5.41) is 3.32. The quantitative estimate of drug-likeness (QED) is 0.664. The second kappa shape index (κ2) is 8.71. The summed E-state index contributed by atoms with van der Waals surface area (Å²) < 4.78 is 27.7. The van der Waals surface area contributed by atoms with Crippen molar-refractivity contribution < 1.29 is 13.2 Å². The lowest BCUT2D eigenvalue weighted by molar-refractivity contribution is 0.102. The second-order valence-corrected chi connectivity index (χ2v) is 9.70. The molecule has 10 heteroatoms. The third kappa shape index (κ3) is 4.40. The fourth-order valence-electron chi connectivity index (χ4n) is 2.34. The standard InChI is InChI=1S/C16H20ClN3O3S3/c1-5-20(6-2)26(22,23)11-7-8-13(17)12(9-11)14(21)19-16-18-10(3)15(24-4)25-16/h7-9H,5-6H2,1-4H3,(H,18,19,21). The number of hydrogen-bond acceptors (Lipinski definition) is 6. The largest absolute Gasteiger partial charge is 0.298 e. The molecular formula is C16H20ClN3O3S3. The number of carbonyl (C=O) groups excluding carboxylic acids is 1. The second-order valence-electron chi connectivity index (χ2n) is 5.28. The van der Waals surface area contributed by atoms with Gasteiger partial charge in [0.2, 0.25) is 10.0 Å². The molecule has 2 rings (SSSR count). The van der Waals surface area contributed by atoms with Crippen LogP contribution in [0.15, 0.2) is 27.3 Å². The van der Waals surface area contributed by atoms with Gasteiger partial charge >= 0.3 is 0 Å². The van der Waals surface area contributed by atoms with Crippen molar-refractivity contribution in [2.75, 3.05) is 24.7 Å². The number of thiazole rings is 1. The molecule has 0 unspecified atom stereocenters. The third-order valence-electron chi connectivity index (χ3n) is 3.69. The van der Waals surface area contributed by atoms with Crippen molar-refractivity contribution >= 4 is 55.8 Å². The zero-order valence-electron chi connectivity index (χ0n) is 14.9. The van der Waals surface area contributed by atoms with Gasteiger partial charge in [-0.1, -0.05) is 36.8 Å². The van der Waals surface area contributed by atoms with Gasteiger partial charge < -0.3 is 0 Å². The highest BCUT2D eigenvalue weighted by molar-refractivity contribution is 8.00. The summed E-state index contributed by atoms with van der Waals surface area (Å²) in [6.45, 7) is 6.08. The van der Waals surface area contributed by atoms with E-state index in [1.54, 1.807) is 25.6 Å². The molecule has 0 atom stereocenters. The molecule has 0 spiro atoms. The number of halogens is 1. The Morgan fingerprint density at radius 3 is 2.54 bits per heavy atom. The molecule has 0 aliphatic carbocycles. The smallest absolute Gasteiger partial charge is 0.259 e. The van der Waals surface area contributed by atoms with Crippen molar-refractivity contribution in [2.24, 2.45) is 0 Å². The Kier molecular flexibility index (Phi) is 7.09. The van der Waals surface area contributed by atoms with Crippen molar-refractivity contribution in [3.05, 3.63) is 34.5 Å². The third-order valence-corrected chi connectivity index (χ3v) is 8.34. The van der Waals surface area contributed by atoms with Crippen molar-refractivity contribution in [3.8, 4) is 0 Å². The Bertz CT molecular complexity index is 909. The van der Waals surface area contributed by atoms with E-state index in [4.69, 9.17) is 11.6 Å². The summed E-state index contributed by atoms with van der Waals surface area (Å²) in [6.07, 6.45) is 1.94. The van der Waals surface area contributed by atoms with Gasteiger partial charge in [0.25, 0.3) is 5.91 Å². The van der Waals surface area contributed by atoms with Crippen LogP contribution in [0.25, 0.3) is 0 Å². The van der Waals surface area contributed by atoms with Crippen LogP contribution in [0.1, 0.15) is 29.9 Å². The maximum atomic E-state index is 12.7. The number of benzene rings is 1. The van der Waals surface area contributed by atoms with Crippen molar-refractivity contribution in [1.82, 2.24) is 9.29 Å². The minimum Gasteiger partial charge on any atom is -0.298 e. The van der Waals surface area contributed by atoms with Crippen molar-refractivity contribution in [3.63, 3.8) is 0 Å². The van der Waals surface area contributed by atoms with E-state index in [-0.39, 0.29) is 15.5 Å². The van der Waals surface area contributed by atoms with E-state index < -0.39 is 15.9 Å². The molecule has 1 heterocycles. The molecule has 2 aromatic rings. The van der Waals surface area contributed by atoms with Gasteiger partial charge in [-0.05, 0) is 31.4 Å². The van der Waals surface area contributed by atoms with Crippen LogP contribution in [0.2, 0.25) is 5.02 Å². The van der Waals surface area contributed by atoms with Crippen molar-refractivity contribution in [2.45, 2.75) is 29.9 Å². The molecule has 0 saturated carbocycles. The number of nitrogens with zero attached hydrogens (tertiary/aromatic N) is 2. The number of nitrogens with one attached hydrogen (secondary N) is 1. The Labute approximate surface area is 167 Å². The average molecular weight is 434 g/mol. The van der Waals surface area contributed by atoms with Crippen LogP contribution in [0, 0.1) is 6.92 Å². The molecule has 26 heavy (non-hydrogen) atoms. The molecule has 0 saturated heterocycles. The maximum absolute atomic E-state index is 12.7. The molecule has 0 aliphatic rings. The first-order chi connectivity index (χ1) is 12.2. The van der Waals surface area contributed by atoms with Crippen LogP contribution in [0.5, 0.6) is 0 Å². The molecule has 1 N–H and O–H groups in total. The summed E-state index contributed by atoms with van der Waals surface area (Å²) in [5.74, 6) is -0.493. The summed E-state index contributed by atoms with van der Waals surface area (Å²) in [7, 11) is -3.68. The predicted octanol–water partition coefficient (Wildman–Crippen LogP) is 4.11. The number of sulfonamides is 1. The van der Waals surface area contributed by atoms with Gasteiger partial charge in [0.05, 0.1) is 25.4 Å². The van der Waals surface area contributed by atoms with Crippen LogP contribution in [-0.4, -0.2) is 43.0 Å². The van der Waals surface area contributed by atoms with E-state index in [0.29, 0.717) is 18.2 Å². The van der Waals surface area contributed by atoms with Crippen LogP contribution in [-0.2, 0) is 10.0 Å². The summed E-state index contributed by atoms with van der Waals surface area (Å²) >= 11 is 9.04. The molecule has 6 nitrogen and oxygen atoms in total. The lowest BCUT2D eigenvalue weighted by atomic mass is 10.2. The normalized spacial score (nSPS) is 11.8. The molecule has 142 valence electrons. The molecule has 0 bridgehead atoms. The van der Waals surface area contributed by atoms with E-state index in [1.807, 2.05) is 13.2 Å². The Morgan fingerprint density at radius 1 is 1.35 bits per heavy atom. The fraction of sp³-hybridized carbons (Fsp3) is 0.375. The number of carbonyl (C=O) groups is 1. The first kappa shape index (κ1) is 21.2. The lowest BCUT2D eigenvalue weighted by Gasteiger charge is -2.19. The number of rotatable bonds is 7. The number of hydrogen-bond donors (Lipinski definition) is 1. The monoisotopic (exact) mass is 433 g/mol. The van der Waals surface area contributed by atoms with Gasteiger partial charge in [0.15, 0.2) is 5.13 Å². The highest BCUT2D eigenvalue weighted by atomic mass is 35.5. The summed E-state index contributed by atoms with van der Waals surface area (Å²) in [4.78, 5) is 16.9. The van der Waals surface area contributed by atoms with Gasteiger partial charge in [-0.3, -0.25) is 10.1 Å². The molecule has 0 aliphatic heterocycles. The number of thioether (sulfide) groups is 1. The minimum absolute atomic E-state index is 0.0378. The summed E-state index contributed by atoms with van der Waals surface area (Å²) in [5.41, 5.74) is 0.931. The Hall–Kier alpha value is -1.13. The average Bonchev–Trinajstić information content (AvgIpc) is 2.95. The zero-order chi connectivity index (χ0) is 19.5. The van der Waals surface area contributed by atoms with Crippen LogP contribution in [0.4, 0.5) is 5.13 Å². The molecule has 0 radical (unpaired) electrons. The number of amides is 1. The Morgan fingerprint density at radius 2 is 2.00 bits per heavy atom. The first-order valence-corrected chi connectivity index (χ1v) is 11.7. The molecule has 1 aromatic heterocycles. The zero-order valence-corrected chi connectivity index (χ0v) is 18.1. The van der Waals surface area contributed by atoms with Gasteiger partial charge in [0.1, 0.15) is 0 Å². The predicted molar refractivity (Wildman–Crippen MR) is 108 cm³/mol. The van der Waals surface area contributed by atoms with E-state index in [2.05, 4.69) is 10.3 Å².